The maximum absolute atomic E-state index is 5.82. The average Bonchev–Trinajstić information content (AvgIpc) is 2.63. The molecule has 0 bridgehead atoms. The molecule has 1 heteroatoms. The molecule has 1 aromatic carbocycles. The van der Waals surface area contributed by atoms with Crippen molar-refractivity contribution >= 4 is 0 Å². The summed E-state index contributed by atoms with van der Waals surface area (Å²) in [4.78, 5) is 0. The molecule has 1 nitrogen and oxygen atoms in total. The van der Waals surface area contributed by atoms with Gasteiger partial charge in [0.05, 0.1) is 0 Å². The second-order valence-electron chi connectivity index (χ2n) is 4.01. The van der Waals surface area contributed by atoms with E-state index in [1.54, 1.807) is 5.57 Å². The molecule has 1 aromatic rings. The molecule has 0 aromatic heterocycles. The molecule has 1 aliphatic carbocycles. The second-order valence-corrected chi connectivity index (χ2v) is 4.01. The van der Waals surface area contributed by atoms with Crippen molar-refractivity contribution in [2.75, 3.05) is 0 Å². The fourth-order valence-corrected chi connectivity index (χ4v) is 1.98. The zero-order valence-corrected chi connectivity index (χ0v) is 8.45. The summed E-state index contributed by atoms with van der Waals surface area (Å²) in [5.41, 5.74) is 8.79. The van der Waals surface area contributed by atoms with E-state index in [-0.39, 0.29) is 0 Å². The van der Waals surface area contributed by atoms with E-state index in [9.17, 15) is 0 Å². The van der Waals surface area contributed by atoms with Gasteiger partial charge in [-0.25, -0.2) is 0 Å². The van der Waals surface area contributed by atoms with Gasteiger partial charge in [-0.1, -0.05) is 42.0 Å². The summed E-state index contributed by atoms with van der Waals surface area (Å²) in [6.07, 6.45) is 6.91. The normalized spacial score (nSPS) is 20.9. The molecule has 0 radical (unpaired) electrons. The fourth-order valence-electron chi connectivity index (χ4n) is 1.98. The van der Waals surface area contributed by atoms with Crippen LogP contribution in [0, 0.1) is 0 Å². The number of allylic oxidation sites excluding steroid dienone is 1. The first-order chi connectivity index (χ1) is 6.84. The van der Waals surface area contributed by atoms with Crippen LogP contribution < -0.4 is 5.73 Å². The molecule has 0 heterocycles. The number of nitrogens with two attached hydrogens (primary N) is 1. The van der Waals surface area contributed by atoms with Gasteiger partial charge in [-0.2, -0.15) is 0 Å². The molecule has 14 heavy (non-hydrogen) atoms. The summed E-state index contributed by atoms with van der Waals surface area (Å²) in [7, 11) is 0. The smallest absolute Gasteiger partial charge is 0.0229 e. The highest BCUT2D eigenvalue weighted by Crippen LogP contribution is 2.21. The summed E-state index contributed by atoms with van der Waals surface area (Å²) in [5, 5.41) is 0. The van der Waals surface area contributed by atoms with E-state index in [1.165, 1.54) is 18.4 Å². The predicted molar refractivity (Wildman–Crippen MR) is 60.1 cm³/mol. The van der Waals surface area contributed by atoms with Crippen LogP contribution in [-0.4, -0.2) is 6.04 Å². The maximum atomic E-state index is 5.82. The molecule has 0 fully saturated rings. The van der Waals surface area contributed by atoms with E-state index >= 15 is 0 Å². The summed E-state index contributed by atoms with van der Waals surface area (Å²) < 4.78 is 0. The lowest BCUT2D eigenvalue weighted by Gasteiger charge is -2.01. The molecule has 0 saturated heterocycles. The number of hydrogen-bond donors (Lipinski definition) is 1. The van der Waals surface area contributed by atoms with Gasteiger partial charge < -0.3 is 5.73 Å². The molecule has 0 saturated carbocycles. The minimum Gasteiger partial charge on any atom is -0.324 e. The van der Waals surface area contributed by atoms with Crippen molar-refractivity contribution in [3.8, 4) is 0 Å². The lowest BCUT2D eigenvalue weighted by molar-refractivity contribution is 0.762. The van der Waals surface area contributed by atoms with Crippen molar-refractivity contribution in [3.05, 3.63) is 47.5 Å². The highest BCUT2D eigenvalue weighted by atomic mass is 14.6. The molecule has 0 amide bonds. The van der Waals surface area contributed by atoms with Gasteiger partial charge in [-0.05, 0) is 31.2 Å². The van der Waals surface area contributed by atoms with E-state index in [2.05, 4.69) is 36.4 Å². The molecule has 2 N–H and O–H groups in total. The third-order valence-corrected chi connectivity index (χ3v) is 2.83. The molecular weight excluding hydrogens is 170 g/mol. The van der Waals surface area contributed by atoms with E-state index < -0.39 is 0 Å². The first kappa shape index (κ1) is 9.47. The largest absolute Gasteiger partial charge is 0.324 e. The molecule has 0 aliphatic heterocycles. The lowest BCUT2D eigenvalue weighted by Crippen LogP contribution is -2.11. The van der Waals surface area contributed by atoms with Crippen LogP contribution >= 0.6 is 0 Å². The highest BCUT2D eigenvalue weighted by Gasteiger charge is 2.10. The van der Waals surface area contributed by atoms with E-state index in [0.29, 0.717) is 6.04 Å². The molecular formula is C13H17N. The molecule has 2 rings (SSSR count). The number of benzene rings is 1. The molecule has 0 spiro atoms. The minimum absolute atomic E-state index is 0.320. The van der Waals surface area contributed by atoms with Crippen LogP contribution in [-0.2, 0) is 6.42 Å². The molecule has 1 aliphatic rings. The number of rotatable bonds is 3. The maximum Gasteiger partial charge on any atom is 0.0229 e. The Labute approximate surface area is 85.6 Å². The Kier molecular flexibility index (Phi) is 3.00. The Morgan fingerprint density at radius 2 is 1.93 bits per heavy atom. The Hall–Kier alpha value is -1.08. The lowest BCUT2D eigenvalue weighted by atomic mass is 10.0. The third-order valence-electron chi connectivity index (χ3n) is 2.83. The molecule has 1 unspecified atom stereocenters. The van der Waals surface area contributed by atoms with E-state index in [1.807, 2.05) is 0 Å². The van der Waals surface area contributed by atoms with Gasteiger partial charge in [-0.3, -0.25) is 0 Å². The van der Waals surface area contributed by atoms with Gasteiger partial charge in [0.1, 0.15) is 0 Å². The van der Waals surface area contributed by atoms with Crippen LogP contribution in [0.5, 0.6) is 0 Å². The van der Waals surface area contributed by atoms with E-state index in [4.69, 9.17) is 5.73 Å². The van der Waals surface area contributed by atoms with Gasteiger partial charge in [0, 0.05) is 6.04 Å². The Balaban J connectivity index is 1.86. The quantitative estimate of drug-likeness (QED) is 0.723. The van der Waals surface area contributed by atoms with Crippen LogP contribution in [0.2, 0.25) is 0 Å². The van der Waals surface area contributed by atoms with Crippen molar-refractivity contribution in [2.45, 2.75) is 31.7 Å². The van der Waals surface area contributed by atoms with Crippen molar-refractivity contribution in [2.24, 2.45) is 5.73 Å². The predicted octanol–water partition coefficient (Wildman–Crippen LogP) is 2.67. The standard InChI is InChI=1S/C13H17N/c14-13-9-8-12(10-13)7-6-11-4-2-1-3-5-11/h1-5,10,13H,6-9,14H2. The van der Waals surface area contributed by atoms with Crippen LogP contribution in [0.1, 0.15) is 24.8 Å². The average molecular weight is 187 g/mol. The van der Waals surface area contributed by atoms with Gasteiger partial charge >= 0.3 is 0 Å². The molecule has 1 atom stereocenters. The molecule has 74 valence electrons. The monoisotopic (exact) mass is 187 g/mol. The number of aryl methyl sites for hydroxylation is 1. The van der Waals surface area contributed by atoms with Gasteiger partial charge in [0.15, 0.2) is 0 Å². The zero-order valence-electron chi connectivity index (χ0n) is 8.45. The van der Waals surface area contributed by atoms with E-state index in [0.717, 1.165) is 12.8 Å². The first-order valence-electron chi connectivity index (χ1n) is 5.33. The van der Waals surface area contributed by atoms with Crippen LogP contribution in [0.3, 0.4) is 0 Å². The summed E-state index contributed by atoms with van der Waals surface area (Å²) in [6.45, 7) is 0. The number of hydrogen-bond acceptors (Lipinski definition) is 1. The SMILES string of the molecule is NC1C=C(CCc2ccccc2)CC1. The fraction of sp³-hybridized carbons (Fsp3) is 0.385. The minimum atomic E-state index is 0.320. The van der Waals surface area contributed by atoms with Gasteiger partial charge in [-0.15, -0.1) is 0 Å². The van der Waals surface area contributed by atoms with Crippen molar-refractivity contribution < 1.29 is 0 Å². The van der Waals surface area contributed by atoms with Crippen LogP contribution in [0.15, 0.2) is 42.0 Å². The third kappa shape index (κ3) is 2.46. The van der Waals surface area contributed by atoms with Crippen LogP contribution in [0.4, 0.5) is 0 Å². The van der Waals surface area contributed by atoms with Crippen molar-refractivity contribution in [1.29, 1.82) is 0 Å². The Morgan fingerprint density at radius 1 is 1.14 bits per heavy atom. The van der Waals surface area contributed by atoms with Crippen LogP contribution in [0.25, 0.3) is 0 Å². The summed E-state index contributed by atoms with van der Waals surface area (Å²) >= 11 is 0. The summed E-state index contributed by atoms with van der Waals surface area (Å²) in [6, 6.07) is 11.0. The summed E-state index contributed by atoms with van der Waals surface area (Å²) in [5.74, 6) is 0. The van der Waals surface area contributed by atoms with Gasteiger partial charge in [0.25, 0.3) is 0 Å². The van der Waals surface area contributed by atoms with Gasteiger partial charge in [0.2, 0.25) is 0 Å². The highest BCUT2D eigenvalue weighted by molar-refractivity contribution is 5.19. The van der Waals surface area contributed by atoms with Crippen molar-refractivity contribution in [3.63, 3.8) is 0 Å². The topological polar surface area (TPSA) is 26.0 Å². The second kappa shape index (κ2) is 4.43. The van der Waals surface area contributed by atoms with Crippen molar-refractivity contribution in [1.82, 2.24) is 0 Å². The zero-order chi connectivity index (χ0) is 9.80. The first-order valence-corrected chi connectivity index (χ1v) is 5.33. The Morgan fingerprint density at radius 3 is 2.57 bits per heavy atom. The Bertz CT molecular complexity index is 313.